The van der Waals surface area contributed by atoms with Gasteiger partial charge in [-0.25, -0.2) is 4.79 Å². The fraction of sp³-hybridized carbons (Fsp3) is 0.533. The van der Waals surface area contributed by atoms with Crippen LogP contribution < -0.4 is 10.6 Å². The van der Waals surface area contributed by atoms with Crippen LogP contribution in [0.15, 0.2) is 12.1 Å². The number of hydrogen-bond donors (Lipinski definition) is 1. The number of nitrogens with two attached hydrogens (primary N) is 1. The molecule has 2 rings (SSSR count). The lowest BCUT2D eigenvalue weighted by atomic mass is 9.95. The summed E-state index contributed by atoms with van der Waals surface area (Å²) in [6.07, 6.45) is 1.11. The second-order valence-electron chi connectivity index (χ2n) is 5.63. The lowest BCUT2D eigenvalue weighted by molar-refractivity contribution is 0.0601. The van der Waals surface area contributed by atoms with Crippen LogP contribution in [0.1, 0.15) is 30.6 Å². The van der Waals surface area contributed by atoms with E-state index in [1.165, 1.54) is 7.11 Å². The molecule has 1 aliphatic heterocycles. The number of ether oxygens (including phenoxy) is 1. The van der Waals surface area contributed by atoms with Gasteiger partial charge in [0.05, 0.1) is 23.4 Å². The molecular formula is C15H21ClN2O2. The number of halogens is 1. The predicted octanol–water partition coefficient (Wildman–Crippen LogP) is 3.19. The van der Waals surface area contributed by atoms with Crippen LogP contribution in [0.3, 0.4) is 0 Å². The number of carbonyl (C=O) groups is 1. The van der Waals surface area contributed by atoms with Crippen molar-refractivity contribution in [3.05, 3.63) is 22.7 Å². The summed E-state index contributed by atoms with van der Waals surface area (Å²) in [7, 11) is 1.37. The Hall–Kier alpha value is -1.42. The van der Waals surface area contributed by atoms with E-state index in [9.17, 15) is 4.79 Å². The Labute approximate surface area is 124 Å². The van der Waals surface area contributed by atoms with Crippen molar-refractivity contribution in [2.75, 3.05) is 30.8 Å². The zero-order valence-electron chi connectivity index (χ0n) is 12.1. The molecule has 0 aromatic heterocycles. The minimum atomic E-state index is -0.401. The van der Waals surface area contributed by atoms with Gasteiger partial charge >= 0.3 is 5.97 Å². The molecule has 1 aliphatic rings. The molecule has 1 atom stereocenters. The van der Waals surface area contributed by atoms with E-state index in [0.29, 0.717) is 28.1 Å². The van der Waals surface area contributed by atoms with Gasteiger partial charge in [-0.05, 0) is 30.4 Å². The Morgan fingerprint density at radius 3 is 2.75 bits per heavy atom. The van der Waals surface area contributed by atoms with Crippen LogP contribution in [0.25, 0.3) is 0 Å². The Balaban J connectivity index is 2.38. The summed E-state index contributed by atoms with van der Waals surface area (Å²) in [5.41, 5.74) is 7.45. The highest BCUT2D eigenvalue weighted by atomic mass is 35.5. The molecule has 20 heavy (non-hydrogen) atoms. The number of anilines is 2. The molecule has 4 nitrogen and oxygen atoms in total. The van der Waals surface area contributed by atoms with Crippen LogP contribution >= 0.6 is 11.6 Å². The molecule has 0 saturated carbocycles. The van der Waals surface area contributed by atoms with Crippen molar-refractivity contribution >= 4 is 28.9 Å². The van der Waals surface area contributed by atoms with E-state index in [1.807, 2.05) is 0 Å². The van der Waals surface area contributed by atoms with Crippen molar-refractivity contribution in [2.45, 2.75) is 20.3 Å². The molecule has 1 unspecified atom stereocenters. The molecule has 5 heteroatoms. The second-order valence-corrected chi connectivity index (χ2v) is 6.04. The normalized spacial score (nSPS) is 18.6. The average molecular weight is 297 g/mol. The summed E-state index contributed by atoms with van der Waals surface area (Å²) in [4.78, 5) is 14.1. The van der Waals surface area contributed by atoms with Crippen LogP contribution in [0.2, 0.25) is 5.02 Å². The zero-order chi connectivity index (χ0) is 14.9. The highest BCUT2D eigenvalue weighted by Crippen LogP contribution is 2.37. The first kappa shape index (κ1) is 15.0. The summed E-state index contributed by atoms with van der Waals surface area (Å²) in [5.74, 6) is 0.838. The molecule has 0 aliphatic carbocycles. The first-order chi connectivity index (χ1) is 9.43. The Bertz CT molecular complexity index is 517. The van der Waals surface area contributed by atoms with Gasteiger partial charge in [-0.2, -0.15) is 0 Å². The molecule has 1 aromatic rings. The summed E-state index contributed by atoms with van der Waals surface area (Å²) >= 11 is 6.31. The third-order valence-corrected chi connectivity index (χ3v) is 4.26. The van der Waals surface area contributed by atoms with Crippen LogP contribution in [0.5, 0.6) is 0 Å². The SMILES string of the molecule is COC(=O)c1cc(N)cc(Cl)c1N1CCC(C(C)C)C1. The largest absolute Gasteiger partial charge is 0.465 e. The first-order valence-corrected chi connectivity index (χ1v) is 7.24. The molecule has 0 spiro atoms. The van der Waals surface area contributed by atoms with Gasteiger partial charge in [0.1, 0.15) is 0 Å². The molecule has 1 heterocycles. The quantitative estimate of drug-likeness (QED) is 0.687. The van der Waals surface area contributed by atoms with Crippen molar-refractivity contribution in [1.29, 1.82) is 0 Å². The number of rotatable bonds is 3. The molecule has 110 valence electrons. The van der Waals surface area contributed by atoms with Gasteiger partial charge in [-0.1, -0.05) is 25.4 Å². The van der Waals surface area contributed by atoms with Crippen molar-refractivity contribution in [2.24, 2.45) is 11.8 Å². The lowest BCUT2D eigenvalue weighted by Crippen LogP contribution is -2.24. The van der Waals surface area contributed by atoms with E-state index in [-0.39, 0.29) is 0 Å². The molecule has 2 N–H and O–H groups in total. The number of carbonyl (C=O) groups excluding carboxylic acids is 1. The van der Waals surface area contributed by atoms with E-state index < -0.39 is 5.97 Å². The molecule has 1 aromatic carbocycles. The van der Waals surface area contributed by atoms with Crippen molar-refractivity contribution in [1.82, 2.24) is 0 Å². The predicted molar refractivity (Wildman–Crippen MR) is 82.4 cm³/mol. The van der Waals surface area contributed by atoms with Crippen molar-refractivity contribution in [3.63, 3.8) is 0 Å². The second kappa shape index (κ2) is 5.92. The van der Waals surface area contributed by atoms with Gasteiger partial charge in [0.2, 0.25) is 0 Å². The number of hydrogen-bond acceptors (Lipinski definition) is 4. The number of nitrogens with zero attached hydrogens (tertiary/aromatic N) is 1. The molecule has 0 radical (unpaired) electrons. The summed E-state index contributed by atoms with van der Waals surface area (Å²) < 4.78 is 4.84. The number of nitrogen functional groups attached to an aromatic ring is 1. The minimum absolute atomic E-state index is 0.401. The molecule has 1 saturated heterocycles. The third kappa shape index (κ3) is 2.85. The van der Waals surface area contributed by atoms with Crippen LogP contribution in [0.4, 0.5) is 11.4 Å². The topological polar surface area (TPSA) is 55.6 Å². The lowest BCUT2D eigenvalue weighted by Gasteiger charge is -2.23. The van der Waals surface area contributed by atoms with Gasteiger partial charge in [0, 0.05) is 18.8 Å². The van der Waals surface area contributed by atoms with Crippen molar-refractivity contribution < 1.29 is 9.53 Å². The maximum absolute atomic E-state index is 11.9. The smallest absolute Gasteiger partial charge is 0.340 e. The third-order valence-electron chi connectivity index (χ3n) is 3.97. The van der Waals surface area contributed by atoms with E-state index in [2.05, 4.69) is 18.7 Å². The summed E-state index contributed by atoms with van der Waals surface area (Å²) in [5, 5.41) is 0.509. The zero-order valence-corrected chi connectivity index (χ0v) is 12.9. The van der Waals surface area contributed by atoms with Gasteiger partial charge in [-0.3, -0.25) is 0 Å². The van der Waals surface area contributed by atoms with E-state index in [1.54, 1.807) is 12.1 Å². The number of benzene rings is 1. The van der Waals surface area contributed by atoms with Gasteiger partial charge in [0.25, 0.3) is 0 Å². The number of methoxy groups -OCH3 is 1. The van der Waals surface area contributed by atoms with E-state index >= 15 is 0 Å². The van der Waals surface area contributed by atoms with E-state index in [0.717, 1.165) is 25.2 Å². The average Bonchev–Trinajstić information content (AvgIpc) is 2.86. The molecule has 0 bridgehead atoms. The van der Waals surface area contributed by atoms with Crippen LogP contribution in [-0.4, -0.2) is 26.2 Å². The van der Waals surface area contributed by atoms with Gasteiger partial charge < -0.3 is 15.4 Å². The van der Waals surface area contributed by atoms with Crippen LogP contribution in [0, 0.1) is 11.8 Å². The molecule has 0 amide bonds. The monoisotopic (exact) mass is 296 g/mol. The van der Waals surface area contributed by atoms with E-state index in [4.69, 9.17) is 22.1 Å². The number of esters is 1. The first-order valence-electron chi connectivity index (χ1n) is 6.86. The van der Waals surface area contributed by atoms with Gasteiger partial charge in [-0.15, -0.1) is 0 Å². The van der Waals surface area contributed by atoms with Gasteiger partial charge in [0.15, 0.2) is 0 Å². The summed E-state index contributed by atoms with van der Waals surface area (Å²) in [6.45, 7) is 6.25. The Morgan fingerprint density at radius 2 is 2.20 bits per heavy atom. The Morgan fingerprint density at radius 1 is 1.50 bits per heavy atom. The highest BCUT2D eigenvalue weighted by molar-refractivity contribution is 6.34. The fourth-order valence-corrected chi connectivity index (χ4v) is 3.09. The highest BCUT2D eigenvalue weighted by Gasteiger charge is 2.29. The summed E-state index contributed by atoms with van der Waals surface area (Å²) in [6, 6.07) is 3.32. The van der Waals surface area contributed by atoms with Crippen molar-refractivity contribution in [3.8, 4) is 0 Å². The maximum Gasteiger partial charge on any atom is 0.340 e. The minimum Gasteiger partial charge on any atom is -0.465 e. The Kier molecular flexibility index (Phi) is 4.43. The fourth-order valence-electron chi connectivity index (χ4n) is 2.74. The maximum atomic E-state index is 11.9. The standard InChI is InChI=1S/C15H21ClN2O2/c1-9(2)10-4-5-18(8-10)14-12(15(19)20-3)6-11(17)7-13(14)16/h6-7,9-10H,4-5,8,17H2,1-3H3. The van der Waals surface area contributed by atoms with Crippen LogP contribution in [-0.2, 0) is 4.74 Å². The molecule has 1 fully saturated rings. The molecular weight excluding hydrogens is 276 g/mol.